The number of carbonyl (C=O) groups excluding carboxylic acids is 1. The zero-order valence-corrected chi connectivity index (χ0v) is 12.3. The lowest BCUT2D eigenvalue weighted by Gasteiger charge is -2.05. The zero-order chi connectivity index (χ0) is 14.5. The van der Waals surface area contributed by atoms with E-state index in [4.69, 9.17) is 5.73 Å². The minimum absolute atomic E-state index is 0.0730. The number of hydrogen-bond donors (Lipinski definition) is 2. The van der Waals surface area contributed by atoms with Gasteiger partial charge in [-0.3, -0.25) is 4.79 Å². The van der Waals surface area contributed by atoms with Crippen molar-refractivity contribution in [1.82, 2.24) is 14.8 Å². The molecule has 7 heteroatoms. The van der Waals surface area contributed by atoms with Crippen molar-refractivity contribution in [1.29, 1.82) is 0 Å². The van der Waals surface area contributed by atoms with Crippen LogP contribution in [0.3, 0.4) is 0 Å². The summed E-state index contributed by atoms with van der Waals surface area (Å²) >= 11 is 1.34. The third-order valence-electron chi connectivity index (χ3n) is 2.78. The van der Waals surface area contributed by atoms with Crippen LogP contribution in [-0.2, 0) is 18.4 Å². The summed E-state index contributed by atoms with van der Waals surface area (Å²) in [6.45, 7) is 2.34. The Balaban J connectivity index is 1.88. The molecule has 0 saturated carbocycles. The topological polar surface area (TPSA) is 85.8 Å². The van der Waals surface area contributed by atoms with E-state index >= 15 is 0 Å². The van der Waals surface area contributed by atoms with E-state index in [-0.39, 0.29) is 11.7 Å². The van der Waals surface area contributed by atoms with Crippen molar-refractivity contribution in [3.63, 3.8) is 0 Å². The maximum absolute atomic E-state index is 11.8. The molecule has 3 N–H and O–H groups in total. The van der Waals surface area contributed by atoms with Gasteiger partial charge in [0.1, 0.15) is 5.82 Å². The normalized spacial score (nSPS) is 10.6. The second-order valence-electron chi connectivity index (χ2n) is 4.36. The molecule has 2 rings (SSSR count). The minimum atomic E-state index is -0.0730. The van der Waals surface area contributed by atoms with E-state index < -0.39 is 0 Å². The molecule has 0 spiro atoms. The highest BCUT2D eigenvalue weighted by atomic mass is 32.2. The first kappa shape index (κ1) is 14.5. The number of hydrogen-bond acceptors (Lipinski definition) is 5. The molecule has 0 aliphatic heterocycles. The average molecular weight is 291 g/mol. The van der Waals surface area contributed by atoms with Gasteiger partial charge in [-0.2, -0.15) is 0 Å². The number of amides is 1. The van der Waals surface area contributed by atoms with Gasteiger partial charge in [-0.1, -0.05) is 29.5 Å². The molecule has 1 aromatic heterocycles. The van der Waals surface area contributed by atoms with Crippen LogP contribution in [0.1, 0.15) is 11.4 Å². The Kier molecular flexibility index (Phi) is 4.75. The smallest absolute Gasteiger partial charge is 0.234 e. The van der Waals surface area contributed by atoms with Crippen molar-refractivity contribution in [2.24, 2.45) is 12.8 Å². The molecule has 0 saturated heterocycles. The van der Waals surface area contributed by atoms with Crippen LogP contribution in [0, 0.1) is 6.92 Å². The average Bonchev–Trinajstić information content (AvgIpc) is 2.79. The number of benzene rings is 1. The molecule has 106 valence electrons. The fourth-order valence-electron chi connectivity index (χ4n) is 1.61. The first-order valence-electron chi connectivity index (χ1n) is 6.18. The van der Waals surface area contributed by atoms with Crippen molar-refractivity contribution in [3.8, 4) is 0 Å². The number of aromatic nitrogens is 3. The van der Waals surface area contributed by atoms with Gasteiger partial charge in [0.25, 0.3) is 0 Å². The fourth-order valence-corrected chi connectivity index (χ4v) is 2.34. The summed E-state index contributed by atoms with van der Waals surface area (Å²) in [6.07, 6.45) is 0. The highest BCUT2D eigenvalue weighted by Gasteiger charge is 2.10. The lowest BCUT2D eigenvalue weighted by molar-refractivity contribution is -0.113. The summed E-state index contributed by atoms with van der Waals surface area (Å²) < 4.78 is 1.80. The van der Waals surface area contributed by atoms with Gasteiger partial charge < -0.3 is 15.6 Å². The molecule has 0 radical (unpaired) electrons. The molecule has 0 atom stereocenters. The Morgan fingerprint density at radius 3 is 2.65 bits per heavy atom. The van der Waals surface area contributed by atoms with E-state index in [9.17, 15) is 4.79 Å². The predicted molar refractivity (Wildman–Crippen MR) is 79.4 cm³/mol. The zero-order valence-electron chi connectivity index (χ0n) is 11.5. The Morgan fingerprint density at radius 1 is 1.35 bits per heavy atom. The number of nitrogens with two attached hydrogens (primary N) is 1. The van der Waals surface area contributed by atoms with Crippen molar-refractivity contribution >= 4 is 23.4 Å². The molecule has 0 aliphatic rings. The van der Waals surface area contributed by atoms with Gasteiger partial charge in [-0.15, -0.1) is 10.2 Å². The second kappa shape index (κ2) is 6.53. The number of aryl methyl sites for hydroxylation is 1. The number of nitrogens with zero attached hydrogens (tertiary/aromatic N) is 3. The Hall–Kier alpha value is -1.86. The van der Waals surface area contributed by atoms with E-state index in [0.29, 0.717) is 17.5 Å². The van der Waals surface area contributed by atoms with Crippen LogP contribution in [0.25, 0.3) is 0 Å². The SMILES string of the molecule is Cc1ccc(NC(=O)CSc2nnc(CN)n2C)cc1. The van der Waals surface area contributed by atoms with Crippen LogP contribution in [-0.4, -0.2) is 26.4 Å². The number of carbonyl (C=O) groups is 1. The summed E-state index contributed by atoms with van der Waals surface area (Å²) in [5, 5.41) is 11.5. The third kappa shape index (κ3) is 3.58. The van der Waals surface area contributed by atoms with Crippen molar-refractivity contribution < 1.29 is 4.79 Å². The van der Waals surface area contributed by atoms with Crippen molar-refractivity contribution in [2.45, 2.75) is 18.6 Å². The minimum Gasteiger partial charge on any atom is -0.325 e. The molecular formula is C13H17N5OS. The van der Waals surface area contributed by atoms with E-state index in [1.54, 1.807) is 4.57 Å². The molecule has 1 aromatic carbocycles. The molecule has 0 unspecified atom stereocenters. The highest BCUT2D eigenvalue weighted by Crippen LogP contribution is 2.16. The lowest BCUT2D eigenvalue weighted by atomic mass is 10.2. The van der Waals surface area contributed by atoms with Crippen molar-refractivity contribution in [3.05, 3.63) is 35.7 Å². The monoisotopic (exact) mass is 291 g/mol. The summed E-state index contributed by atoms with van der Waals surface area (Å²) in [7, 11) is 1.84. The van der Waals surface area contributed by atoms with E-state index in [1.807, 2.05) is 38.2 Å². The Labute approximate surface area is 121 Å². The maximum atomic E-state index is 11.8. The number of thioether (sulfide) groups is 1. The van der Waals surface area contributed by atoms with Gasteiger partial charge in [0.15, 0.2) is 5.16 Å². The second-order valence-corrected chi connectivity index (χ2v) is 5.31. The van der Waals surface area contributed by atoms with E-state index in [1.165, 1.54) is 11.8 Å². The molecule has 20 heavy (non-hydrogen) atoms. The van der Waals surface area contributed by atoms with Crippen LogP contribution in [0.15, 0.2) is 29.4 Å². The van der Waals surface area contributed by atoms with Crippen molar-refractivity contribution in [2.75, 3.05) is 11.1 Å². The first-order chi connectivity index (χ1) is 9.60. The first-order valence-corrected chi connectivity index (χ1v) is 7.16. The molecule has 0 aliphatic carbocycles. The fraction of sp³-hybridized carbons (Fsp3) is 0.308. The highest BCUT2D eigenvalue weighted by molar-refractivity contribution is 7.99. The standard InChI is InChI=1S/C13H17N5OS/c1-9-3-5-10(6-4-9)15-12(19)8-20-13-17-16-11(7-14)18(13)2/h3-6H,7-8,14H2,1-2H3,(H,15,19). The molecule has 6 nitrogen and oxygen atoms in total. The lowest BCUT2D eigenvalue weighted by Crippen LogP contribution is -2.14. The number of nitrogens with one attached hydrogen (secondary N) is 1. The van der Waals surface area contributed by atoms with Gasteiger partial charge in [0.05, 0.1) is 12.3 Å². The van der Waals surface area contributed by atoms with Crippen LogP contribution >= 0.6 is 11.8 Å². The number of anilines is 1. The Bertz CT molecular complexity index is 593. The van der Waals surface area contributed by atoms with Crippen LogP contribution < -0.4 is 11.1 Å². The quantitative estimate of drug-likeness (QED) is 0.811. The van der Waals surface area contributed by atoms with Gasteiger partial charge in [-0.05, 0) is 19.1 Å². The summed E-state index contributed by atoms with van der Waals surface area (Å²) in [4.78, 5) is 11.8. The molecule has 1 amide bonds. The van der Waals surface area contributed by atoms with Crippen LogP contribution in [0.4, 0.5) is 5.69 Å². The van der Waals surface area contributed by atoms with Gasteiger partial charge >= 0.3 is 0 Å². The summed E-state index contributed by atoms with van der Waals surface area (Å²) in [6, 6.07) is 7.68. The summed E-state index contributed by atoms with van der Waals surface area (Å²) in [5.41, 5.74) is 7.47. The van der Waals surface area contributed by atoms with E-state index in [0.717, 1.165) is 11.3 Å². The predicted octanol–water partition coefficient (Wildman–Crippen LogP) is 1.31. The maximum Gasteiger partial charge on any atom is 0.234 e. The molecule has 0 fully saturated rings. The van der Waals surface area contributed by atoms with Gasteiger partial charge in [-0.25, -0.2) is 0 Å². The van der Waals surface area contributed by atoms with Gasteiger partial charge in [0.2, 0.25) is 5.91 Å². The molecule has 2 aromatic rings. The largest absolute Gasteiger partial charge is 0.325 e. The molecule has 1 heterocycles. The molecular weight excluding hydrogens is 274 g/mol. The Morgan fingerprint density at radius 2 is 2.05 bits per heavy atom. The number of rotatable bonds is 5. The van der Waals surface area contributed by atoms with E-state index in [2.05, 4.69) is 15.5 Å². The van der Waals surface area contributed by atoms with Crippen LogP contribution in [0.5, 0.6) is 0 Å². The third-order valence-corrected chi connectivity index (χ3v) is 3.80. The molecule has 0 bridgehead atoms. The summed E-state index contributed by atoms with van der Waals surface area (Å²) in [5.74, 6) is 0.910. The van der Waals surface area contributed by atoms with Crippen LogP contribution in [0.2, 0.25) is 0 Å². The van der Waals surface area contributed by atoms with Gasteiger partial charge in [0, 0.05) is 12.7 Å².